The molecule has 1 aliphatic rings. The Hall–Kier alpha value is -0.980. The highest BCUT2D eigenvalue weighted by molar-refractivity contribution is 5.51. The molecule has 0 atom stereocenters. The molecule has 0 bridgehead atoms. The fraction of sp³-hybridized carbons (Fsp3) is 0.647. The maximum atomic E-state index is 3.78. The summed E-state index contributed by atoms with van der Waals surface area (Å²) in [4.78, 5) is 0. The largest absolute Gasteiger partial charge is 0.382 e. The molecular formula is C17H27N. The van der Waals surface area contributed by atoms with Gasteiger partial charge in [-0.05, 0) is 49.7 Å². The predicted octanol–water partition coefficient (Wildman–Crippen LogP) is 5.02. The van der Waals surface area contributed by atoms with Crippen LogP contribution in [0.15, 0.2) is 24.3 Å². The van der Waals surface area contributed by atoms with Crippen molar-refractivity contribution in [3.05, 3.63) is 29.8 Å². The first-order chi connectivity index (χ1) is 8.83. The van der Waals surface area contributed by atoms with Gasteiger partial charge in [-0.2, -0.15) is 0 Å². The van der Waals surface area contributed by atoms with Crippen LogP contribution < -0.4 is 5.32 Å². The molecule has 0 aliphatic heterocycles. The van der Waals surface area contributed by atoms with Crippen molar-refractivity contribution >= 4 is 5.69 Å². The first-order valence-corrected chi connectivity index (χ1v) is 7.68. The minimum Gasteiger partial charge on any atom is -0.382 e. The van der Waals surface area contributed by atoms with Crippen molar-refractivity contribution in [2.24, 2.45) is 5.92 Å². The lowest BCUT2D eigenvalue weighted by Crippen LogP contribution is -2.26. The zero-order chi connectivity index (χ0) is 12.8. The average Bonchev–Trinajstić information content (AvgIpc) is 2.42. The highest BCUT2D eigenvalue weighted by Gasteiger charge is 2.20. The molecule has 1 fully saturated rings. The molecule has 1 nitrogen and oxygen atoms in total. The van der Waals surface area contributed by atoms with Crippen LogP contribution in [-0.2, 0) is 6.42 Å². The van der Waals surface area contributed by atoms with Gasteiger partial charge in [-0.3, -0.25) is 0 Å². The molecule has 1 heteroatoms. The SMILES string of the molecule is CCCc1ccccc1NC1CCC(CC)CC1. The third kappa shape index (κ3) is 3.51. The molecule has 18 heavy (non-hydrogen) atoms. The van der Waals surface area contributed by atoms with E-state index in [1.807, 2.05) is 0 Å². The van der Waals surface area contributed by atoms with Crippen molar-refractivity contribution in [3.8, 4) is 0 Å². The van der Waals surface area contributed by atoms with E-state index < -0.39 is 0 Å². The van der Waals surface area contributed by atoms with E-state index in [-0.39, 0.29) is 0 Å². The number of anilines is 1. The van der Waals surface area contributed by atoms with Crippen LogP contribution in [0.5, 0.6) is 0 Å². The summed E-state index contributed by atoms with van der Waals surface area (Å²) in [5.74, 6) is 0.980. The summed E-state index contributed by atoms with van der Waals surface area (Å²) in [6.07, 6.45) is 9.28. The standard InChI is InChI=1S/C17H27N/c1-3-7-15-8-5-6-9-17(15)18-16-12-10-14(4-2)11-13-16/h5-6,8-9,14,16,18H,3-4,7,10-13H2,1-2H3. The number of nitrogens with one attached hydrogen (secondary N) is 1. The summed E-state index contributed by atoms with van der Waals surface area (Å²) in [6.45, 7) is 4.58. The van der Waals surface area contributed by atoms with Crippen molar-refractivity contribution in [2.75, 3.05) is 5.32 Å². The van der Waals surface area contributed by atoms with Crippen molar-refractivity contribution in [1.29, 1.82) is 0 Å². The average molecular weight is 245 g/mol. The fourth-order valence-corrected chi connectivity index (χ4v) is 3.08. The fourth-order valence-electron chi connectivity index (χ4n) is 3.08. The molecular weight excluding hydrogens is 218 g/mol. The van der Waals surface area contributed by atoms with E-state index in [1.54, 1.807) is 0 Å². The molecule has 100 valence electrons. The van der Waals surface area contributed by atoms with Gasteiger partial charge in [0.1, 0.15) is 0 Å². The van der Waals surface area contributed by atoms with Crippen LogP contribution in [0.4, 0.5) is 5.69 Å². The third-order valence-electron chi connectivity index (χ3n) is 4.32. The van der Waals surface area contributed by atoms with Gasteiger partial charge in [0.15, 0.2) is 0 Å². The molecule has 0 unspecified atom stereocenters. The van der Waals surface area contributed by atoms with E-state index in [9.17, 15) is 0 Å². The Morgan fingerprint density at radius 3 is 2.44 bits per heavy atom. The molecule has 1 saturated carbocycles. The van der Waals surface area contributed by atoms with E-state index in [1.165, 1.54) is 56.2 Å². The van der Waals surface area contributed by atoms with Crippen LogP contribution in [0.3, 0.4) is 0 Å². The summed E-state index contributed by atoms with van der Waals surface area (Å²) >= 11 is 0. The maximum absolute atomic E-state index is 3.78. The quantitative estimate of drug-likeness (QED) is 0.768. The third-order valence-corrected chi connectivity index (χ3v) is 4.32. The predicted molar refractivity (Wildman–Crippen MR) is 80.1 cm³/mol. The van der Waals surface area contributed by atoms with E-state index in [0.29, 0.717) is 6.04 Å². The molecule has 1 N–H and O–H groups in total. The summed E-state index contributed by atoms with van der Waals surface area (Å²) < 4.78 is 0. The second kappa shape index (κ2) is 6.82. The first kappa shape index (κ1) is 13.5. The Balaban J connectivity index is 1.93. The molecule has 0 amide bonds. The Kier molecular flexibility index (Phi) is 5.10. The highest BCUT2D eigenvalue weighted by Crippen LogP contribution is 2.29. The summed E-state index contributed by atoms with van der Waals surface area (Å²) in [6, 6.07) is 9.52. The lowest BCUT2D eigenvalue weighted by Gasteiger charge is -2.29. The Morgan fingerprint density at radius 2 is 1.78 bits per heavy atom. The van der Waals surface area contributed by atoms with Gasteiger partial charge in [0.25, 0.3) is 0 Å². The minimum absolute atomic E-state index is 0.700. The lowest BCUT2D eigenvalue weighted by atomic mass is 9.84. The van der Waals surface area contributed by atoms with E-state index in [2.05, 4.69) is 43.4 Å². The molecule has 1 aliphatic carbocycles. The smallest absolute Gasteiger partial charge is 0.0374 e. The molecule has 1 aromatic rings. The molecule has 0 radical (unpaired) electrons. The number of para-hydroxylation sites is 1. The van der Waals surface area contributed by atoms with Gasteiger partial charge in [0.05, 0.1) is 0 Å². The van der Waals surface area contributed by atoms with Gasteiger partial charge in [-0.25, -0.2) is 0 Å². The Labute approximate surface area is 112 Å². The molecule has 0 aromatic heterocycles. The molecule has 0 heterocycles. The van der Waals surface area contributed by atoms with Gasteiger partial charge in [-0.1, -0.05) is 44.9 Å². The topological polar surface area (TPSA) is 12.0 Å². The van der Waals surface area contributed by atoms with Crippen LogP contribution >= 0.6 is 0 Å². The van der Waals surface area contributed by atoms with Crippen molar-refractivity contribution < 1.29 is 0 Å². The second-order valence-electron chi connectivity index (χ2n) is 5.68. The van der Waals surface area contributed by atoms with E-state index in [0.717, 1.165) is 5.92 Å². The first-order valence-electron chi connectivity index (χ1n) is 7.68. The second-order valence-corrected chi connectivity index (χ2v) is 5.68. The molecule has 0 saturated heterocycles. The summed E-state index contributed by atoms with van der Waals surface area (Å²) in [7, 11) is 0. The van der Waals surface area contributed by atoms with Crippen LogP contribution in [0.2, 0.25) is 0 Å². The van der Waals surface area contributed by atoms with Crippen molar-refractivity contribution in [3.63, 3.8) is 0 Å². The summed E-state index contributed by atoms with van der Waals surface area (Å²) in [5.41, 5.74) is 2.86. The van der Waals surface area contributed by atoms with Crippen molar-refractivity contribution in [2.45, 2.75) is 64.8 Å². The van der Waals surface area contributed by atoms with Gasteiger partial charge >= 0.3 is 0 Å². The van der Waals surface area contributed by atoms with Crippen LogP contribution in [0.25, 0.3) is 0 Å². The van der Waals surface area contributed by atoms with Gasteiger partial charge in [0, 0.05) is 11.7 Å². The number of benzene rings is 1. The Morgan fingerprint density at radius 1 is 1.06 bits per heavy atom. The van der Waals surface area contributed by atoms with Gasteiger partial charge in [-0.15, -0.1) is 0 Å². The van der Waals surface area contributed by atoms with Crippen LogP contribution in [0.1, 0.15) is 57.9 Å². The molecule has 1 aromatic carbocycles. The molecule has 0 spiro atoms. The molecule has 2 rings (SSSR count). The maximum Gasteiger partial charge on any atom is 0.0374 e. The number of aryl methyl sites for hydroxylation is 1. The highest BCUT2D eigenvalue weighted by atomic mass is 14.9. The van der Waals surface area contributed by atoms with E-state index >= 15 is 0 Å². The zero-order valence-electron chi connectivity index (χ0n) is 11.9. The van der Waals surface area contributed by atoms with Gasteiger partial charge in [0.2, 0.25) is 0 Å². The van der Waals surface area contributed by atoms with Crippen molar-refractivity contribution in [1.82, 2.24) is 0 Å². The lowest BCUT2D eigenvalue weighted by molar-refractivity contribution is 0.330. The minimum atomic E-state index is 0.700. The van der Waals surface area contributed by atoms with Crippen LogP contribution in [-0.4, -0.2) is 6.04 Å². The van der Waals surface area contributed by atoms with Crippen LogP contribution in [0, 0.1) is 5.92 Å². The number of hydrogen-bond donors (Lipinski definition) is 1. The van der Waals surface area contributed by atoms with Gasteiger partial charge < -0.3 is 5.32 Å². The number of hydrogen-bond acceptors (Lipinski definition) is 1. The normalized spacial score (nSPS) is 23.9. The zero-order valence-corrected chi connectivity index (χ0v) is 11.9. The summed E-state index contributed by atoms with van der Waals surface area (Å²) in [5, 5.41) is 3.78. The Bertz CT molecular complexity index is 350. The van der Waals surface area contributed by atoms with E-state index in [4.69, 9.17) is 0 Å². The monoisotopic (exact) mass is 245 g/mol. The number of rotatable bonds is 5.